The summed E-state index contributed by atoms with van der Waals surface area (Å²) in [7, 11) is -1.52. The second-order valence-electron chi connectivity index (χ2n) is 7.13. The second kappa shape index (κ2) is 7.22. The summed E-state index contributed by atoms with van der Waals surface area (Å²) in [6, 6.07) is 17.5. The van der Waals surface area contributed by atoms with E-state index in [1.165, 1.54) is 0 Å². The van der Waals surface area contributed by atoms with Gasteiger partial charge in [0.25, 0.3) is 0 Å². The smallest absolute Gasteiger partial charge is 0.150 e. The highest BCUT2D eigenvalue weighted by atomic mass is 35.5. The molecule has 0 spiro atoms. The molecule has 25 heavy (non-hydrogen) atoms. The molecule has 3 rings (SSSR count). The summed E-state index contributed by atoms with van der Waals surface area (Å²) in [5.74, 6) is -0.112. The average Bonchev–Trinajstić information content (AvgIpc) is 2.62. The van der Waals surface area contributed by atoms with Crippen LogP contribution in [-0.2, 0) is 10.8 Å². The van der Waals surface area contributed by atoms with Gasteiger partial charge in [0, 0.05) is 10.8 Å². The topological polar surface area (TPSA) is 37.3 Å². The van der Waals surface area contributed by atoms with Crippen molar-refractivity contribution in [1.82, 2.24) is 0 Å². The maximum atomic E-state index is 13.3. The van der Waals surface area contributed by atoms with Crippen LogP contribution in [0.15, 0.2) is 59.5 Å². The van der Waals surface area contributed by atoms with E-state index < -0.39 is 20.6 Å². The number of hydrogen-bond acceptors (Lipinski definition) is 2. The number of rotatable bonds is 4. The molecule has 1 fully saturated rings. The molecule has 0 heterocycles. The molecule has 2 aromatic rings. The summed E-state index contributed by atoms with van der Waals surface area (Å²) in [6.45, 7) is 3.72. The summed E-state index contributed by atoms with van der Waals surface area (Å²) in [4.78, 5) is 0.661. The van der Waals surface area contributed by atoms with E-state index >= 15 is 0 Å². The highest BCUT2D eigenvalue weighted by Gasteiger charge is 2.56. The van der Waals surface area contributed by atoms with Crippen molar-refractivity contribution in [3.05, 3.63) is 65.7 Å². The Hall–Kier alpha value is -1.16. The number of aryl methyl sites for hydroxylation is 1. The van der Waals surface area contributed by atoms with Crippen LogP contribution >= 0.6 is 11.6 Å². The largest absolute Gasteiger partial charge is 0.386 e. The molecule has 0 radical (unpaired) electrons. The van der Waals surface area contributed by atoms with E-state index in [1.54, 1.807) is 6.92 Å². The van der Waals surface area contributed by atoms with Crippen LogP contribution in [-0.4, -0.2) is 19.1 Å². The summed E-state index contributed by atoms with van der Waals surface area (Å²) >= 11 is 6.88. The van der Waals surface area contributed by atoms with Gasteiger partial charge < -0.3 is 5.11 Å². The first-order valence-corrected chi connectivity index (χ1v) is 10.3. The van der Waals surface area contributed by atoms with Crippen molar-refractivity contribution >= 4 is 22.4 Å². The molecule has 0 amide bonds. The molecule has 0 saturated heterocycles. The van der Waals surface area contributed by atoms with E-state index in [0.29, 0.717) is 11.3 Å². The molecule has 4 unspecified atom stereocenters. The molecule has 1 aliphatic carbocycles. The Balaban J connectivity index is 1.99. The van der Waals surface area contributed by atoms with Gasteiger partial charge in [0.1, 0.15) is 9.81 Å². The molecule has 134 valence electrons. The molecule has 0 bridgehead atoms. The summed E-state index contributed by atoms with van der Waals surface area (Å²) in [5.41, 5.74) is 0.956. The second-order valence-corrected chi connectivity index (χ2v) is 9.94. The number of hydrogen-bond donors (Lipinski definition) is 1. The van der Waals surface area contributed by atoms with E-state index in [0.717, 1.165) is 30.4 Å². The third kappa shape index (κ3) is 3.42. The van der Waals surface area contributed by atoms with E-state index in [-0.39, 0.29) is 5.92 Å². The summed E-state index contributed by atoms with van der Waals surface area (Å²) in [5, 5.41) is 11.7. The Morgan fingerprint density at radius 3 is 2.40 bits per heavy atom. The highest BCUT2D eigenvalue weighted by molar-refractivity contribution is 7.88. The fraction of sp³-hybridized carbons (Fsp3) is 0.429. The first-order valence-electron chi connectivity index (χ1n) is 8.81. The Morgan fingerprint density at radius 2 is 1.76 bits per heavy atom. The zero-order valence-electron chi connectivity index (χ0n) is 14.7. The molecule has 1 aliphatic rings. The van der Waals surface area contributed by atoms with E-state index in [4.69, 9.17) is 11.6 Å². The molecular weight excluding hydrogens is 352 g/mol. The van der Waals surface area contributed by atoms with Crippen LogP contribution in [0.25, 0.3) is 0 Å². The molecule has 1 saturated carbocycles. The van der Waals surface area contributed by atoms with Gasteiger partial charge in [-0.2, -0.15) is 0 Å². The summed E-state index contributed by atoms with van der Waals surface area (Å²) < 4.78 is 12.0. The van der Waals surface area contributed by atoms with E-state index in [9.17, 15) is 9.32 Å². The molecule has 2 aromatic carbocycles. The number of halogens is 1. The zero-order valence-corrected chi connectivity index (χ0v) is 16.3. The van der Waals surface area contributed by atoms with E-state index in [1.807, 2.05) is 61.5 Å². The van der Waals surface area contributed by atoms with Gasteiger partial charge in [-0.3, -0.25) is 4.21 Å². The van der Waals surface area contributed by atoms with Crippen molar-refractivity contribution in [2.24, 2.45) is 0 Å². The average molecular weight is 377 g/mol. The SMILES string of the molecule is Cc1ccc(S(=O)C(C)(Cl)C2(O)CCCCC2c2ccccc2)cc1. The molecule has 0 aromatic heterocycles. The first kappa shape index (κ1) is 18.6. The van der Waals surface area contributed by atoms with E-state index in [2.05, 4.69) is 0 Å². The molecular formula is C21H25ClO2S. The minimum absolute atomic E-state index is 0.112. The van der Waals surface area contributed by atoms with Crippen LogP contribution in [0, 0.1) is 6.92 Å². The third-order valence-electron chi connectivity index (χ3n) is 5.44. The highest BCUT2D eigenvalue weighted by Crippen LogP contribution is 2.51. The van der Waals surface area contributed by atoms with Crippen molar-refractivity contribution in [2.45, 2.75) is 60.2 Å². The minimum atomic E-state index is -1.52. The molecule has 2 nitrogen and oxygen atoms in total. The molecule has 1 N–H and O–H groups in total. The Labute approximate surface area is 157 Å². The Morgan fingerprint density at radius 1 is 1.12 bits per heavy atom. The minimum Gasteiger partial charge on any atom is -0.386 e. The summed E-state index contributed by atoms with van der Waals surface area (Å²) in [6.07, 6.45) is 3.36. The van der Waals surface area contributed by atoms with Gasteiger partial charge in [-0.15, -0.1) is 11.6 Å². The number of benzene rings is 2. The fourth-order valence-corrected chi connectivity index (χ4v) is 5.75. The van der Waals surface area contributed by atoms with Crippen LogP contribution in [0.3, 0.4) is 0 Å². The lowest BCUT2D eigenvalue weighted by molar-refractivity contribution is -0.0268. The zero-order chi connectivity index (χ0) is 18.1. The lowest BCUT2D eigenvalue weighted by Crippen LogP contribution is -2.56. The standard InChI is InChI=1S/C21H25ClO2S/c1-16-11-13-18(14-12-16)25(24)20(2,22)21(23)15-7-6-10-19(21)17-8-4-3-5-9-17/h3-5,8-9,11-14,19,23H,6-7,10,15H2,1-2H3. The quantitative estimate of drug-likeness (QED) is 0.749. The van der Waals surface area contributed by atoms with Gasteiger partial charge in [0.2, 0.25) is 0 Å². The lowest BCUT2D eigenvalue weighted by Gasteiger charge is -2.48. The van der Waals surface area contributed by atoms with Crippen molar-refractivity contribution in [3.8, 4) is 0 Å². The van der Waals surface area contributed by atoms with Gasteiger partial charge in [-0.1, -0.05) is 60.9 Å². The lowest BCUT2D eigenvalue weighted by atomic mass is 9.70. The number of aliphatic hydroxyl groups is 1. The van der Waals surface area contributed by atoms with Crippen molar-refractivity contribution < 1.29 is 9.32 Å². The van der Waals surface area contributed by atoms with Crippen molar-refractivity contribution in [2.75, 3.05) is 0 Å². The Kier molecular flexibility index (Phi) is 5.38. The van der Waals surface area contributed by atoms with Gasteiger partial charge in [0.15, 0.2) is 0 Å². The molecule has 0 aliphatic heterocycles. The van der Waals surface area contributed by atoms with Crippen LogP contribution in [0.2, 0.25) is 0 Å². The maximum Gasteiger partial charge on any atom is 0.150 e. The molecule has 4 heteroatoms. The van der Waals surface area contributed by atoms with Crippen LogP contribution in [0.4, 0.5) is 0 Å². The van der Waals surface area contributed by atoms with Crippen LogP contribution in [0.1, 0.15) is 49.7 Å². The maximum absolute atomic E-state index is 13.3. The third-order valence-corrected chi connectivity index (χ3v) is 7.93. The first-order chi connectivity index (χ1) is 11.9. The fourth-order valence-electron chi connectivity index (χ4n) is 3.86. The van der Waals surface area contributed by atoms with Crippen molar-refractivity contribution in [3.63, 3.8) is 0 Å². The normalized spacial score (nSPS) is 27.4. The van der Waals surface area contributed by atoms with Crippen molar-refractivity contribution in [1.29, 1.82) is 0 Å². The van der Waals surface area contributed by atoms with Crippen LogP contribution in [0.5, 0.6) is 0 Å². The predicted octanol–water partition coefficient (Wildman–Crippen LogP) is 5.15. The monoisotopic (exact) mass is 376 g/mol. The van der Waals surface area contributed by atoms with Gasteiger partial charge in [-0.25, -0.2) is 0 Å². The molecule has 4 atom stereocenters. The number of alkyl halides is 1. The van der Waals surface area contributed by atoms with Gasteiger partial charge in [0.05, 0.1) is 10.8 Å². The van der Waals surface area contributed by atoms with Gasteiger partial charge >= 0.3 is 0 Å². The Bertz CT molecular complexity index is 742. The van der Waals surface area contributed by atoms with Crippen LogP contribution < -0.4 is 0 Å². The van der Waals surface area contributed by atoms with Gasteiger partial charge in [-0.05, 0) is 44.4 Å². The predicted molar refractivity (Wildman–Crippen MR) is 104 cm³/mol.